The van der Waals surface area contributed by atoms with Crippen LogP contribution in [0.25, 0.3) is 0 Å². The van der Waals surface area contributed by atoms with Gasteiger partial charge in [0.25, 0.3) is 0 Å². The predicted octanol–water partition coefficient (Wildman–Crippen LogP) is 1.14. The normalized spacial score (nSPS) is 22.5. The van der Waals surface area contributed by atoms with Crippen molar-refractivity contribution >= 4 is 5.91 Å². The first-order valence-corrected chi connectivity index (χ1v) is 6.89. The quantitative estimate of drug-likeness (QED) is 0.784. The van der Waals surface area contributed by atoms with Crippen molar-refractivity contribution < 1.29 is 9.53 Å². The molecule has 2 fully saturated rings. The van der Waals surface area contributed by atoms with Crippen LogP contribution < -0.4 is 5.73 Å². The molecule has 0 atom stereocenters. The largest absolute Gasteiger partial charge is 0.377 e. The summed E-state index contributed by atoms with van der Waals surface area (Å²) in [6.07, 6.45) is 6.84. The molecule has 1 saturated heterocycles. The topological polar surface area (TPSA) is 55.6 Å². The van der Waals surface area contributed by atoms with Gasteiger partial charge in [0, 0.05) is 26.1 Å². The fourth-order valence-corrected chi connectivity index (χ4v) is 2.58. The lowest BCUT2D eigenvalue weighted by atomic mass is 9.82. The van der Waals surface area contributed by atoms with Gasteiger partial charge in [0.2, 0.25) is 5.91 Å². The lowest BCUT2D eigenvalue weighted by Gasteiger charge is -2.34. The Morgan fingerprint density at radius 2 is 1.94 bits per heavy atom. The molecule has 0 aromatic heterocycles. The summed E-state index contributed by atoms with van der Waals surface area (Å²) in [4.78, 5) is 14.0. The zero-order valence-electron chi connectivity index (χ0n) is 10.6. The van der Waals surface area contributed by atoms with Crippen LogP contribution in [-0.2, 0) is 9.53 Å². The van der Waals surface area contributed by atoms with Crippen LogP contribution in [0.1, 0.15) is 38.5 Å². The monoisotopic (exact) mass is 240 g/mol. The summed E-state index contributed by atoms with van der Waals surface area (Å²) in [5.74, 6) is 1.03. The lowest BCUT2D eigenvalue weighted by molar-refractivity contribution is -0.135. The van der Waals surface area contributed by atoms with Gasteiger partial charge in [-0.1, -0.05) is 6.42 Å². The minimum atomic E-state index is 0.311. The van der Waals surface area contributed by atoms with E-state index in [1.807, 2.05) is 4.90 Å². The number of hydrogen-bond donors (Lipinski definition) is 1. The zero-order chi connectivity index (χ0) is 12.1. The van der Waals surface area contributed by atoms with Crippen LogP contribution in [0.3, 0.4) is 0 Å². The van der Waals surface area contributed by atoms with Gasteiger partial charge in [-0.2, -0.15) is 0 Å². The highest BCUT2D eigenvalue weighted by atomic mass is 16.5. The van der Waals surface area contributed by atoms with Crippen molar-refractivity contribution in [3.63, 3.8) is 0 Å². The van der Waals surface area contributed by atoms with Crippen molar-refractivity contribution in [3.8, 4) is 0 Å². The summed E-state index contributed by atoms with van der Waals surface area (Å²) < 4.78 is 5.61. The fourth-order valence-electron chi connectivity index (χ4n) is 2.58. The average molecular weight is 240 g/mol. The molecule has 2 N–H and O–H groups in total. The standard InChI is InChI=1S/C13H24N2O2/c14-6-9-17-12-4-7-15(8-5-12)13(16)10-11-2-1-3-11/h11-12H,1-10,14H2. The van der Waals surface area contributed by atoms with Gasteiger partial charge in [0.15, 0.2) is 0 Å². The Hall–Kier alpha value is -0.610. The lowest BCUT2D eigenvalue weighted by Crippen LogP contribution is -2.42. The molecule has 17 heavy (non-hydrogen) atoms. The summed E-state index contributed by atoms with van der Waals surface area (Å²) >= 11 is 0. The first-order chi connectivity index (χ1) is 8.29. The minimum absolute atomic E-state index is 0.311. The van der Waals surface area contributed by atoms with Gasteiger partial charge in [-0.25, -0.2) is 0 Å². The molecule has 0 aromatic carbocycles. The Balaban J connectivity index is 1.65. The van der Waals surface area contributed by atoms with Crippen LogP contribution in [0.5, 0.6) is 0 Å². The Kier molecular flexibility index (Phi) is 4.80. The molecule has 4 nitrogen and oxygen atoms in total. The molecule has 0 unspecified atom stereocenters. The van der Waals surface area contributed by atoms with Crippen LogP contribution in [0.2, 0.25) is 0 Å². The number of carbonyl (C=O) groups is 1. The molecule has 1 amide bonds. The Labute approximate surface area is 103 Å². The molecule has 0 radical (unpaired) electrons. The molecular formula is C13H24N2O2. The highest BCUT2D eigenvalue weighted by Gasteiger charge is 2.27. The summed E-state index contributed by atoms with van der Waals surface area (Å²) in [5, 5.41) is 0. The van der Waals surface area contributed by atoms with Gasteiger partial charge >= 0.3 is 0 Å². The maximum Gasteiger partial charge on any atom is 0.222 e. The van der Waals surface area contributed by atoms with Crippen LogP contribution in [-0.4, -0.2) is 43.2 Å². The van der Waals surface area contributed by atoms with Gasteiger partial charge in [-0.05, 0) is 31.6 Å². The fraction of sp³-hybridized carbons (Fsp3) is 0.923. The molecule has 2 rings (SSSR count). The zero-order valence-corrected chi connectivity index (χ0v) is 10.6. The third-order valence-corrected chi connectivity index (χ3v) is 3.95. The Morgan fingerprint density at radius 1 is 1.24 bits per heavy atom. The van der Waals surface area contributed by atoms with E-state index in [2.05, 4.69) is 0 Å². The summed E-state index contributed by atoms with van der Waals surface area (Å²) in [7, 11) is 0. The van der Waals surface area contributed by atoms with Gasteiger partial charge in [-0.3, -0.25) is 4.79 Å². The number of rotatable bonds is 5. The second-order valence-electron chi connectivity index (χ2n) is 5.24. The van der Waals surface area contributed by atoms with Crippen molar-refractivity contribution in [2.45, 2.75) is 44.6 Å². The van der Waals surface area contributed by atoms with E-state index in [1.165, 1.54) is 19.3 Å². The smallest absolute Gasteiger partial charge is 0.222 e. The number of piperidine rings is 1. The highest BCUT2D eigenvalue weighted by Crippen LogP contribution is 2.30. The molecule has 1 heterocycles. The van der Waals surface area contributed by atoms with E-state index in [1.54, 1.807) is 0 Å². The number of nitrogens with two attached hydrogens (primary N) is 1. The van der Waals surface area contributed by atoms with Crippen LogP contribution in [0.4, 0.5) is 0 Å². The van der Waals surface area contributed by atoms with Gasteiger partial charge < -0.3 is 15.4 Å². The van der Waals surface area contributed by atoms with E-state index in [0.717, 1.165) is 32.4 Å². The van der Waals surface area contributed by atoms with Crippen molar-refractivity contribution in [2.24, 2.45) is 11.7 Å². The average Bonchev–Trinajstić information content (AvgIpc) is 2.31. The van der Waals surface area contributed by atoms with Gasteiger partial charge in [0.1, 0.15) is 0 Å². The van der Waals surface area contributed by atoms with Gasteiger partial charge in [-0.15, -0.1) is 0 Å². The number of likely N-dealkylation sites (tertiary alicyclic amines) is 1. The number of amides is 1. The third-order valence-electron chi connectivity index (χ3n) is 3.95. The Bertz CT molecular complexity index is 246. The number of hydrogen-bond acceptors (Lipinski definition) is 3. The van der Waals surface area contributed by atoms with Crippen molar-refractivity contribution in [1.82, 2.24) is 4.90 Å². The maximum absolute atomic E-state index is 12.0. The van der Waals surface area contributed by atoms with E-state index in [-0.39, 0.29) is 0 Å². The van der Waals surface area contributed by atoms with E-state index in [0.29, 0.717) is 31.1 Å². The second kappa shape index (κ2) is 6.36. The summed E-state index contributed by atoms with van der Waals surface area (Å²) in [6, 6.07) is 0. The SMILES string of the molecule is NCCOC1CCN(C(=O)CC2CCC2)CC1. The summed E-state index contributed by atoms with van der Waals surface area (Å²) in [5.41, 5.74) is 5.41. The van der Waals surface area contributed by atoms with E-state index in [9.17, 15) is 4.79 Å². The molecule has 0 bridgehead atoms. The molecule has 1 saturated carbocycles. The molecule has 0 aromatic rings. The maximum atomic E-state index is 12.0. The van der Waals surface area contributed by atoms with Crippen LogP contribution in [0, 0.1) is 5.92 Å². The number of nitrogens with zero attached hydrogens (tertiary/aromatic N) is 1. The second-order valence-corrected chi connectivity index (χ2v) is 5.24. The summed E-state index contributed by atoms with van der Waals surface area (Å²) in [6.45, 7) is 2.95. The molecule has 98 valence electrons. The van der Waals surface area contributed by atoms with E-state index >= 15 is 0 Å². The first kappa shape index (κ1) is 12.8. The van der Waals surface area contributed by atoms with Crippen LogP contribution >= 0.6 is 0 Å². The van der Waals surface area contributed by atoms with Crippen LogP contribution in [0.15, 0.2) is 0 Å². The molecule has 0 spiro atoms. The molecule has 1 aliphatic heterocycles. The van der Waals surface area contributed by atoms with E-state index < -0.39 is 0 Å². The van der Waals surface area contributed by atoms with Crippen molar-refractivity contribution in [3.05, 3.63) is 0 Å². The number of carbonyl (C=O) groups excluding carboxylic acids is 1. The minimum Gasteiger partial charge on any atom is -0.377 e. The third kappa shape index (κ3) is 3.68. The van der Waals surface area contributed by atoms with Gasteiger partial charge in [0.05, 0.1) is 12.7 Å². The Morgan fingerprint density at radius 3 is 2.47 bits per heavy atom. The molecule has 4 heteroatoms. The van der Waals surface area contributed by atoms with Crippen molar-refractivity contribution in [1.29, 1.82) is 0 Å². The highest BCUT2D eigenvalue weighted by molar-refractivity contribution is 5.76. The molecular weight excluding hydrogens is 216 g/mol. The van der Waals surface area contributed by atoms with E-state index in [4.69, 9.17) is 10.5 Å². The van der Waals surface area contributed by atoms with Crippen molar-refractivity contribution in [2.75, 3.05) is 26.2 Å². The molecule has 1 aliphatic carbocycles. The number of ether oxygens (including phenoxy) is 1. The predicted molar refractivity (Wildman–Crippen MR) is 66.6 cm³/mol. The molecule has 2 aliphatic rings. The first-order valence-electron chi connectivity index (χ1n) is 6.89.